The zero-order valence-corrected chi connectivity index (χ0v) is 18.2. The number of halogens is 2. The molecule has 4 nitrogen and oxygen atoms in total. The summed E-state index contributed by atoms with van der Waals surface area (Å²) in [5, 5.41) is 4.48. The topological polar surface area (TPSA) is 27.7 Å². The van der Waals surface area contributed by atoms with Crippen molar-refractivity contribution in [2.45, 2.75) is 19.8 Å². The molecule has 1 aliphatic rings. The van der Waals surface area contributed by atoms with Gasteiger partial charge in [0.15, 0.2) is 0 Å². The van der Waals surface area contributed by atoms with Crippen LogP contribution in [0.15, 0.2) is 36.4 Å². The molecule has 2 aromatic rings. The van der Waals surface area contributed by atoms with Crippen LogP contribution in [0.3, 0.4) is 0 Å². The van der Waals surface area contributed by atoms with E-state index in [0.29, 0.717) is 10.0 Å². The van der Waals surface area contributed by atoms with Crippen LogP contribution in [0.5, 0.6) is 5.75 Å². The smallest absolute Gasteiger partial charge is 0.121 e. The summed E-state index contributed by atoms with van der Waals surface area (Å²) in [6.45, 7) is 8.01. The highest BCUT2D eigenvalue weighted by atomic mass is 35.5. The number of nitrogens with zero attached hydrogens (tertiary/aromatic N) is 2. The lowest BCUT2D eigenvalue weighted by atomic mass is 10.2. The Bertz CT molecular complexity index is 776. The van der Waals surface area contributed by atoms with Crippen LogP contribution < -0.4 is 15.0 Å². The molecule has 0 aromatic heterocycles. The molecule has 2 aromatic carbocycles. The predicted octanol–water partition coefficient (Wildman–Crippen LogP) is 5.32. The number of nitrogens with one attached hydrogen (secondary N) is 1. The third-order valence-electron chi connectivity index (χ3n) is 5.26. The van der Waals surface area contributed by atoms with E-state index in [1.165, 1.54) is 5.56 Å². The Labute approximate surface area is 178 Å². The molecule has 0 unspecified atom stereocenters. The van der Waals surface area contributed by atoms with Gasteiger partial charge in [-0.2, -0.15) is 0 Å². The average molecular weight is 422 g/mol. The summed E-state index contributed by atoms with van der Waals surface area (Å²) < 4.78 is 5.90. The minimum absolute atomic E-state index is 0.622. The highest BCUT2D eigenvalue weighted by Gasteiger charge is 2.19. The van der Waals surface area contributed by atoms with E-state index in [1.54, 1.807) is 0 Å². The third kappa shape index (κ3) is 5.47. The molecular weight excluding hydrogens is 393 g/mol. The standard InChI is InChI=1S/C22H29Cl2N3O/c1-17-8-9-18(16-20(17)25-2)28-15-4-3-10-26-11-13-27(14-12-26)21-7-5-6-19(23)22(21)24/h5-9,16,25H,3-4,10-15H2,1-2H3. The van der Waals surface area contributed by atoms with Gasteiger partial charge >= 0.3 is 0 Å². The van der Waals surface area contributed by atoms with Gasteiger partial charge in [0.05, 0.1) is 22.3 Å². The lowest BCUT2D eigenvalue weighted by Gasteiger charge is -2.36. The SMILES string of the molecule is CNc1cc(OCCCCN2CCN(c3cccc(Cl)c3Cl)CC2)ccc1C. The quantitative estimate of drug-likeness (QED) is 0.583. The summed E-state index contributed by atoms with van der Waals surface area (Å²) in [6.07, 6.45) is 2.20. The van der Waals surface area contributed by atoms with Crippen LogP contribution in [0.1, 0.15) is 18.4 Å². The molecule has 1 heterocycles. The van der Waals surface area contributed by atoms with Crippen molar-refractivity contribution in [2.24, 2.45) is 0 Å². The summed E-state index contributed by atoms with van der Waals surface area (Å²) in [4.78, 5) is 4.84. The van der Waals surface area contributed by atoms with Crippen molar-refractivity contribution in [3.05, 3.63) is 52.0 Å². The Balaban J connectivity index is 1.35. The largest absolute Gasteiger partial charge is 0.494 e. The Morgan fingerprint density at radius 3 is 2.57 bits per heavy atom. The van der Waals surface area contributed by atoms with Crippen LogP contribution in [-0.4, -0.2) is 51.3 Å². The monoisotopic (exact) mass is 421 g/mol. The van der Waals surface area contributed by atoms with E-state index in [0.717, 1.165) is 69.3 Å². The summed E-state index contributed by atoms with van der Waals surface area (Å²) in [5.41, 5.74) is 3.39. The molecule has 28 heavy (non-hydrogen) atoms. The fourth-order valence-corrected chi connectivity index (χ4v) is 3.95. The van der Waals surface area contributed by atoms with Gasteiger partial charge < -0.3 is 15.0 Å². The van der Waals surface area contributed by atoms with Crippen molar-refractivity contribution in [1.29, 1.82) is 0 Å². The van der Waals surface area contributed by atoms with Gasteiger partial charge in [0.25, 0.3) is 0 Å². The number of piperazine rings is 1. The van der Waals surface area contributed by atoms with Crippen molar-refractivity contribution >= 4 is 34.6 Å². The number of hydrogen-bond donors (Lipinski definition) is 1. The van der Waals surface area contributed by atoms with Crippen LogP contribution in [0.25, 0.3) is 0 Å². The van der Waals surface area contributed by atoms with Gasteiger partial charge in [-0.25, -0.2) is 0 Å². The number of anilines is 2. The molecule has 1 N–H and O–H groups in total. The molecule has 6 heteroatoms. The van der Waals surface area contributed by atoms with Gasteiger partial charge in [0.1, 0.15) is 5.75 Å². The minimum Gasteiger partial charge on any atom is -0.494 e. The number of hydrogen-bond acceptors (Lipinski definition) is 4. The van der Waals surface area contributed by atoms with E-state index in [2.05, 4.69) is 34.2 Å². The molecule has 0 bridgehead atoms. The zero-order chi connectivity index (χ0) is 19.9. The highest BCUT2D eigenvalue weighted by Crippen LogP contribution is 2.32. The second-order valence-electron chi connectivity index (χ2n) is 7.18. The Kier molecular flexibility index (Phi) is 7.72. The van der Waals surface area contributed by atoms with Gasteiger partial charge in [-0.3, -0.25) is 4.90 Å². The second-order valence-corrected chi connectivity index (χ2v) is 7.97. The Morgan fingerprint density at radius 2 is 1.82 bits per heavy atom. The lowest BCUT2D eigenvalue weighted by Crippen LogP contribution is -2.46. The maximum Gasteiger partial charge on any atom is 0.121 e. The van der Waals surface area contributed by atoms with Gasteiger partial charge in [0, 0.05) is 45.0 Å². The maximum atomic E-state index is 6.35. The van der Waals surface area contributed by atoms with E-state index in [9.17, 15) is 0 Å². The van der Waals surface area contributed by atoms with E-state index in [-0.39, 0.29) is 0 Å². The van der Waals surface area contributed by atoms with Gasteiger partial charge in [-0.1, -0.05) is 35.3 Å². The normalized spacial score (nSPS) is 14.9. The summed E-state index contributed by atoms with van der Waals surface area (Å²) in [5.74, 6) is 0.932. The first-order valence-electron chi connectivity index (χ1n) is 9.91. The Hall–Kier alpha value is -1.62. The van der Waals surface area contributed by atoms with E-state index < -0.39 is 0 Å². The molecule has 0 atom stereocenters. The van der Waals surface area contributed by atoms with Crippen molar-refractivity contribution < 1.29 is 4.74 Å². The van der Waals surface area contributed by atoms with Crippen LogP contribution in [-0.2, 0) is 0 Å². The molecule has 0 spiro atoms. The summed E-state index contributed by atoms with van der Waals surface area (Å²) in [7, 11) is 1.94. The third-order valence-corrected chi connectivity index (χ3v) is 6.07. The molecule has 1 fully saturated rings. The molecule has 0 radical (unpaired) electrons. The van der Waals surface area contributed by atoms with Crippen molar-refractivity contribution in [3.63, 3.8) is 0 Å². The molecule has 0 saturated carbocycles. The van der Waals surface area contributed by atoms with Crippen LogP contribution in [0.4, 0.5) is 11.4 Å². The van der Waals surface area contributed by atoms with Crippen LogP contribution >= 0.6 is 23.2 Å². The van der Waals surface area contributed by atoms with E-state index in [1.807, 2.05) is 31.3 Å². The first-order chi connectivity index (χ1) is 13.6. The lowest BCUT2D eigenvalue weighted by molar-refractivity contribution is 0.238. The first-order valence-corrected chi connectivity index (χ1v) is 10.7. The predicted molar refractivity (Wildman–Crippen MR) is 121 cm³/mol. The molecule has 0 aliphatic carbocycles. The summed E-state index contributed by atoms with van der Waals surface area (Å²) >= 11 is 12.5. The van der Waals surface area contributed by atoms with Gasteiger partial charge in [-0.05, 0) is 50.1 Å². The van der Waals surface area contributed by atoms with Crippen molar-refractivity contribution in [2.75, 3.05) is 56.6 Å². The van der Waals surface area contributed by atoms with E-state index >= 15 is 0 Å². The molecule has 0 amide bonds. The highest BCUT2D eigenvalue weighted by molar-refractivity contribution is 6.43. The van der Waals surface area contributed by atoms with Crippen molar-refractivity contribution in [3.8, 4) is 5.75 Å². The number of rotatable bonds is 8. The number of unbranched alkanes of at least 4 members (excludes halogenated alkanes) is 1. The van der Waals surface area contributed by atoms with Crippen LogP contribution in [0.2, 0.25) is 10.0 Å². The molecule has 152 valence electrons. The fraction of sp³-hybridized carbons (Fsp3) is 0.455. The van der Waals surface area contributed by atoms with Gasteiger partial charge in [-0.15, -0.1) is 0 Å². The number of aryl methyl sites for hydroxylation is 1. The number of benzene rings is 2. The second kappa shape index (κ2) is 10.2. The zero-order valence-electron chi connectivity index (χ0n) is 16.7. The number of ether oxygens (including phenoxy) is 1. The van der Waals surface area contributed by atoms with Crippen molar-refractivity contribution in [1.82, 2.24) is 4.90 Å². The molecular formula is C22H29Cl2N3O. The minimum atomic E-state index is 0.622. The molecule has 1 aliphatic heterocycles. The molecule has 3 rings (SSSR count). The first kappa shape index (κ1) is 21.1. The van der Waals surface area contributed by atoms with Crippen LogP contribution in [0, 0.1) is 6.92 Å². The van der Waals surface area contributed by atoms with E-state index in [4.69, 9.17) is 27.9 Å². The maximum absolute atomic E-state index is 6.35. The average Bonchev–Trinajstić information content (AvgIpc) is 2.71. The fourth-order valence-electron chi connectivity index (χ4n) is 3.54. The summed E-state index contributed by atoms with van der Waals surface area (Å²) in [6, 6.07) is 12.0. The Morgan fingerprint density at radius 1 is 1.04 bits per heavy atom. The van der Waals surface area contributed by atoms with Gasteiger partial charge in [0.2, 0.25) is 0 Å². The molecule has 1 saturated heterocycles.